The van der Waals surface area contributed by atoms with E-state index in [1.165, 1.54) is 18.3 Å². The van der Waals surface area contributed by atoms with Crippen LogP contribution >= 0.6 is 0 Å². The largest absolute Gasteiger partial charge is 0.487 e. The van der Waals surface area contributed by atoms with E-state index in [0.717, 1.165) is 18.2 Å². The Hall–Kier alpha value is -2.94. The predicted octanol–water partition coefficient (Wildman–Crippen LogP) is 2.51. The molecular formula is C21H24F2N4O3. The number of ether oxygens (including phenoxy) is 2. The summed E-state index contributed by atoms with van der Waals surface area (Å²) in [7, 11) is 0. The van der Waals surface area contributed by atoms with Crippen LogP contribution < -0.4 is 20.7 Å². The smallest absolute Gasteiger partial charge is 0.270 e. The van der Waals surface area contributed by atoms with Crippen molar-refractivity contribution in [2.75, 3.05) is 36.9 Å². The minimum Gasteiger partial charge on any atom is -0.487 e. The summed E-state index contributed by atoms with van der Waals surface area (Å²) >= 11 is 0. The maximum absolute atomic E-state index is 13.8. The highest BCUT2D eigenvalue weighted by Gasteiger charge is 2.25. The van der Waals surface area contributed by atoms with Gasteiger partial charge in [0.05, 0.1) is 30.2 Å². The third-order valence-electron chi connectivity index (χ3n) is 5.38. The maximum atomic E-state index is 13.8. The van der Waals surface area contributed by atoms with Crippen LogP contribution in [0.5, 0.6) is 5.75 Å². The molecule has 3 heterocycles. The lowest BCUT2D eigenvalue weighted by atomic mass is 10.1. The first-order valence-corrected chi connectivity index (χ1v) is 10.0. The predicted molar refractivity (Wildman–Crippen MR) is 108 cm³/mol. The van der Waals surface area contributed by atoms with Crippen LogP contribution in [0.15, 0.2) is 30.5 Å². The summed E-state index contributed by atoms with van der Waals surface area (Å²) in [5, 5.41) is 2.92. The van der Waals surface area contributed by atoms with Gasteiger partial charge in [-0.05, 0) is 24.6 Å². The average molecular weight is 418 g/mol. The van der Waals surface area contributed by atoms with Crippen LogP contribution in [-0.2, 0) is 4.74 Å². The number of hydrogen-bond acceptors (Lipinski definition) is 6. The molecule has 30 heavy (non-hydrogen) atoms. The van der Waals surface area contributed by atoms with Gasteiger partial charge < -0.3 is 25.4 Å². The van der Waals surface area contributed by atoms with E-state index in [1.807, 2.05) is 0 Å². The Morgan fingerprint density at radius 1 is 1.23 bits per heavy atom. The summed E-state index contributed by atoms with van der Waals surface area (Å²) in [5.41, 5.74) is 7.63. The molecule has 1 aromatic heterocycles. The number of nitrogens with two attached hydrogens (primary N) is 1. The number of pyridine rings is 1. The summed E-state index contributed by atoms with van der Waals surface area (Å²) < 4.78 is 37.9. The van der Waals surface area contributed by atoms with Crippen molar-refractivity contribution in [2.24, 2.45) is 0 Å². The summed E-state index contributed by atoms with van der Waals surface area (Å²) in [5.74, 6) is -1.55. The summed E-state index contributed by atoms with van der Waals surface area (Å²) in [4.78, 5) is 18.7. The van der Waals surface area contributed by atoms with Crippen LogP contribution in [-0.4, -0.2) is 49.3 Å². The maximum Gasteiger partial charge on any atom is 0.270 e. The summed E-state index contributed by atoms with van der Waals surface area (Å²) in [6, 6.07) is 4.99. The zero-order chi connectivity index (χ0) is 21.1. The van der Waals surface area contributed by atoms with Crippen LogP contribution in [0.2, 0.25) is 0 Å². The van der Waals surface area contributed by atoms with Crippen molar-refractivity contribution < 1.29 is 23.0 Å². The molecule has 7 nitrogen and oxygen atoms in total. The van der Waals surface area contributed by atoms with Crippen LogP contribution in [0.4, 0.5) is 20.2 Å². The molecular weight excluding hydrogens is 394 g/mol. The molecule has 1 unspecified atom stereocenters. The van der Waals surface area contributed by atoms with E-state index >= 15 is 0 Å². The van der Waals surface area contributed by atoms with Crippen molar-refractivity contribution in [1.82, 2.24) is 10.3 Å². The number of benzene rings is 1. The molecule has 0 aliphatic carbocycles. The van der Waals surface area contributed by atoms with Crippen LogP contribution in [0.25, 0.3) is 0 Å². The number of halogens is 2. The SMILES string of the molecule is Nc1cnc(C(=O)NC2CCOC2)cc1N1CCC(Oc2ccc(F)cc2F)CC1. The number of hydrogen-bond donors (Lipinski definition) is 2. The molecule has 4 rings (SSSR count). The average Bonchev–Trinajstić information content (AvgIpc) is 3.24. The first-order chi connectivity index (χ1) is 14.5. The van der Waals surface area contributed by atoms with Gasteiger partial charge in [0, 0.05) is 38.6 Å². The molecule has 0 spiro atoms. The molecule has 0 radical (unpaired) electrons. The number of nitrogens with zero attached hydrogens (tertiary/aromatic N) is 2. The third-order valence-corrected chi connectivity index (χ3v) is 5.38. The molecule has 0 bridgehead atoms. The highest BCUT2D eigenvalue weighted by atomic mass is 19.1. The Morgan fingerprint density at radius 3 is 2.73 bits per heavy atom. The lowest BCUT2D eigenvalue weighted by Crippen LogP contribution is -2.39. The highest BCUT2D eigenvalue weighted by Crippen LogP contribution is 2.29. The fourth-order valence-corrected chi connectivity index (χ4v) is 3.73. The molecule has 1 atom stereocenters. The van der Waals surface area contributed by atoms with E-state index in [9.17, 15) is 13.6 Å². The number of carbonyl (C=O) groups excluding carboxylic acids is 1. The molecule has 1 amide bonds. The molecule has 0 saturated carbocycles. The molecule has 2 aliphatic rings. The Labute approximate surface area is 173 Å². The number of piperidine rings is 1. The highest BCUT2D eigenvalue weighted by molar-refractivity contribution is 5.94. The number of amides is 1. The van der Waals surface area contributed by atoms with Crippen LogP contribution in [0, 0.1) is 11.6 Å². The molecule has 1 aromatic carbocycles. The van der Waals surface area contributed by atoms with E-state index in [1.54, 1.807) is 6.07 Å². The summed E-state index contributed by atoms with van der Waals surface area (Å²) in [6.45, 7) is 2.40. The van der Waals surface area contributed by atoms with Crippen molar-refractivity contribution in [2.45, 2.75) is 31.4 Å². The number of nitrogens with one attached hydrogen (secondary N) is 1. The number of anilines is 2. The van der Waals surface area contributed by atoms with Crippen molar-refractivity contribution in [3.63, 3.8) is 0 Å². The van der Waals surface area contributed by atoms with Gasteiger partial charge in [-0.15, -0.1) is 0 Å². The van der Waals surface area contributed by atoms with Gasteiger partial charge in [-0.1, -0.05) is 0 Å². The van der Waals surface area contributed by atoms with Gasteiger partial charge in [0.25, 0.3) is 5.91 Å². The van der Waals surface area contributed by atoms with E-state index in [2.05, 4.69) is 15.2 Å². The van der Waals surface area contributed by atoms with Gasteiger partial charge in [0.2, 0.25) is 0 Å². The molecule has 2 aliphatic heterocycles. The van der Waals surface area contributed by atoms with E-state index in [4.69, 9.17) is 15.2 Å². The van der Waals surface area contributed by atoms with E-state index < -0.39 is 11.6 Å². The van der Waals surface area contributed by atoms with Crippen molar-refractivity contribution in [3.8, 4) is 5.75 Å². The second kappa shape index (κ2) is 8.83. The molecule has 2 saturated heterocycles. The minimum atomic E-state index is -0.709. The molecule has 9 heteroatoms. The van der Waals surface area contributed by atoms with Gasteiger partial charge >= 0.3 is 0 Å². The summed E-state index contributed by atoms with van der Waals surface area (Å²) in [6.07, 6.45) is 3.37. The Kier molecular flexibility index (Phi) is 5.98. The standard InChI is InChI=1S/C21H24F2N4O3/c22-13-1-2-20(16(23)9-13)30-15-3-6-27(7-4-15)19-10-18(25-11-17(19)24)21(28)26-14-5-8-29-12-14/h1-2,9-11,14-15H,3-8,12,24H2,(H,26,28). The van der Waals surface area contributed by atoms with Crippen molar-refractivity contribution >= 4 is 17.3 Å². The number of aromatic nitrogens is 1. The molecule has 3 N–H and O–H groups in total. The van der Waals surface area contributed by atoms with Crippen LogP contribution in [0.3, 0.4) is 0 Å². The quantitative estimate of drug-likeness (QED) is 0.776. The van der Waals surface area contributed by atoms with Gasteiger partial charge in [-0.2, -0.15) is 0 Å². The van der Waals surface area contributed by atoms with Crippen LogP contribution in [0.1, 0.15) is 29.8 Å². The Bertz CT molecular complexity index is 913. The van der Waals surface area contributed by atoms with E-state index in [0.29, 0.717) is 50.5 Å². The van der Waals surface area contributed by atoms with Crippen molar-refractivity contribution in [1.29, 1.82) is 0 Å². The van der Waals surface area contributed by atoms with E-state index in [-0.39, 0.29) is 23.8 Å². The third kappa shape index (κ3) is 4.62. The number of carbonyl (C=O) groups is 1. The lowest BCUT2D eigenvalue weighted by molar-refractivity contribution is 0.0925. The Balaban J connectivity index is 1.38. The molecule has 160 valence electrons. The van der Waals surface area contributed by atoms with Gasteiger partial charge in [-0.3, -0.25) is 4.79 Å². The molecule has 2 fully saturated rings. The molecule has 2 aromatic rings. The first kappa shape index (κ1) is 20.3. The van der Waals surface area contributed by atoms with Gasteiger partial charge in [0.15, 0.2) is 11.6 Å². The number of rotatable bonds is 5. The zero-order valence-corrected chi connectivity index (χ0v) is 16.4. The lowest BCUT2D eigenvalue weighted by Gasteiger charge is -2.34. The van der Waals surface area contributed by atoms with Crippen molar-refractivity contribution in [3.05, 3.63) is 47.8 Å². The minimum absolute atomic E-state index is 0.0000498. The fraction of sp³-hybridized carbons (Fsp3) is 0.429. The monoisotopic (exact) mass is 418 g/mol. The Morgan fingerprint density at radius 2 is 2.03 bits per heavy atom. The normalized spacial score (nSPS) is 19.7. The van der Waals surface area contributed by atoms with Gasteiger partial charge in [-0.25, -0.2) is 13.8 Å². The fourth-order valence-electron chi connectivity index (χ4n) is 3.73. The second-order valence-electron chi connectivity index (χ2n) is 7.54. The topological polar surface area (TPSA) is 89.7 Å². The zero-order valence-electron chi connectivity index (χ0n) is 16.4. The van der Waals surface area contributed by atoms with Gasteiger partial charge in [0.1, 0.15) is 17.6 Å². The second-order valence-corrected chi connectivity index (χ2v) is 7.54. The first-order valence-electron chi connectivity index (χ1n) is 10.0. The number of nitrogen functional groups attached to an aromatic ring is 1.